The molecular formula is C17H18BrCl2N. The van der Waals surface area contributed by atoms with Crippen LogP contribution in [0.15, 0.2) is 46.9 Å². The molecule has 0 aliphatic heterocycles. The van der Waals surface area contributed by atoms with Gasteiger partial charge in [-0.3, -0.25) is 0 Å². The fourth-order valence-electron chi connectivity index (χ4n) is 2.25. The van der Waals surface area contributed by atoms with Crippen molar-refractivity contribution in [3.63, 3.8) is 0 Å². The van der Waals surface area contributed by atoms with Crippen LogP contribution in [0.5, 0.6) is 0 Å². The summed E-state index contributed by atoms with van der Waals surface area (Å²) in [7, 11) is 0. The van der Waals surface area contributed by atoms with Crippen molar-refractivity contribution in [1.29, 1.82) is 0 Å². The Bertz CT molecular complexity index is 584. The molecule has 1 unspecified atom stereocenters. The second kappa shape index (κ2) is 8.19. The lowest BCUT2D eigenvalue weighted by Gasteiger charge is -2.21. The zero-order valence-corrected chi connectivity index (χ0v) is 15.0. The molecule has 0 fully saturated rings. The van der Waals surface area contributed by atoms with Crippen molar-refractivity contribution in [3.05, 3.63) is 68.1 Å². The summed E-state index contributed by atoms with van der Waals surface area (Å²) in [6.45, 7) is 3.14. The number of hydrogen-bond donors (Lipinski definition) is 1. The van der Waals surface area contributed by atoms with Crippen molar-refractivity contribution in [1.82, 2.24) is 5.32 Å². The minimum absolute atomic E-state index is 0.221. The van der Waals surface area contributed by atoms with Gasteiger partial charge in [-0.05, 0) is 60.8 Å². The molecule has 21 heavy (non-hydrogen) atoms. The van der Waals surface area contributed by atoms with Crippen LogP contribution < -0.4 is 5.32 Å². The highest BCUT2D eigenvalue weighted by Gasteiger charge is 2.15. The van der Waals surface area contributed by atoms with Crippen LogP contribution in [0, 0.1) is 0 Å². The molecule has 1 N–H and O–H groups in total. The Morgan fingerprint density at radius 2 is 1.71 bits per heavy atom. The van der Waals surface area contributed by atoms with Gasteiger partial charge in [0.25, 0.3) is 0 Å². The molecule has 0 aromatic heterocycles. The number of nitrogens with one attached hydrogen (secondary N) is 1. The molecule has 0 spiro atoms. The lowest BCUT2D eigenvalue weighted by atomic mass is 9.98. The van der Waals surface area contributed by atoms with Crippen LogP contribution in [0.3, 0.4) is 0 Å². The summed E-state index contributed by atoms with van der Waals surface area (Å²) in [4.78, 5) is 0. The maximum atomic E-state index is 6.15. The molecule has 2 aromatic carbocycles. The van der Waals surface area contributed by atoms with Gasteiger partial charge in [0, 0.05) is 20.6 Å². The van der Waals surface area contributed by atoms with Gasteiger partial charge in [0.05, 0.1) is 0 Å². The average Bonchev–Trinajstić information content (AvgIpc) is 2.48. The van der Waals surface area contributed by atoms with E-state index in [1.807, 2.05) is 30.3 Å². The lowest BCUT2D eigenvalue weighted by Crippen LogP contribution is -2.24. The van der Waals surface area contributed by atoms with E-state index in [0.29, 0.717) is 0 Å². The molecule has 0 saturated heterocycles. The predicted molar refractivity (Wildman–Crippen MR) is 95.3 cm³/mol. The molecule has 4 heteroatoms. The van der Waals surface area contributed by atoms with E-state index < -0.39 is 0 Å². The molecule has 0 bridgehead atoms. The van der Waals surface area contributed by atoms with Crippen molar-refractivity contribution >= 4 is 39.1 Å². The van der Waals surface area contributed by atoms with Crippen LogP contribution in [0.4, 0.5) is 0 Å². The Morgan fingerprint density at radius 3 is 2.38 bits per heavy atom. The van der Waals surface area contributed by atoms with Gasteiger partial charge in [-0.25, -0.2) is 0 Å². The van der Waals surface area contributed by atoms with Crippen molar-refractivity contribution in [2.75, 3.05) is 6.54 Å². The highest BCUT2D eigenvalue weighted by Crippen LogP contribution is 2.29. The molecule has 1 nitrogen and oxygen atoms in total. The highest BCUT2D eigenvalue weighted by atomic mass is 79.9. The van der Waals surface area contributed by atoms with E-state index in [1.54, 1.807) is 0 Å². The molecule has 112 valence electrons. The first-order valence-corrected chi connectivity index (χ1v) is 8.58. The Hall–Kier alpha value is -0.540. The summed E-state index contributed by atoms with van der Waals surface area (Å²) in [5.41, 5.74) is 2.44. The molecule has 0 radical (unpaired) electrons. The van der Waals surface area contributed by atoms with Crippen molar-refractivity contribution in [2.45, 2.75) is 25.8 Å². The van der Waals surface area contributed by atoms with Crippen LogP contribution in [0.25, 0.3) is 0 Å². The average molecular weight is 387 g/mol. The van der Waals surface area contributed by atoms with Crippen LogP contribution in [0.1, 0.15) is 30.5 Å². The summed E-state index contributed by atoms with van der Waals surface area (Å²) in [5, 5.41) is 5.12. The monoisotopic (exact) mass is 385 g/mol. The fraction of sp³-hybridized carbons (Fsp3) is 0.294. The number of halogens is 3. The Labute approximate surface area is 144 Å². The maximum absolute atomic E-state index is 6.15. The minimum atomic E-state index is 0.221. The summed E-state index contributed by atoms with van der Waals surface area (Å²) >= 11 is 15.7. The van der Waals surface area contributed by atoms with Crippen molar-refractivity contribution in [3.8, 4) is 0 Å². The lowest BCUT2D eigenvalue weighted by molar-refractivity contribution is 0.527. The summed E-state index contributed by atoms with van der Waals surface area (Å²) < 4.78 is 1.08. The summed E-state index contributed by atoms with van der Waals surface area (Å²) in [6.07, 6.45) is 1.99. The first-order chi connectivity index (χ1) is 10.1. The molecular weight excluding hydrogens is 369 g/mol. The van der Waals surface area contributed by atoms with Crippen LogP contribution in [-0.4, -0.2) is 6.54 Å². The van der Waals surface area contributed by atoms with E-state index in [0.717, 1.165) is 33.9 Å². The second-order valence-electron chi connectivity index (χ2n) is 5.00. The fourth-order valence-corrected chi connectivity index (χ4v) is 3.08. The van der Waals surface area contributed by atoms with Gasteiger partial charge in [-0.2, -0.15) is 0 Å². The van der Waals surface area contributed by atoms with Crippen molar-refractivity contribution in [2.24, 2.45) is 0 Å². The molecule has 0 aliphatic rings. The van der Waals surface area contributed by atoms with E-state index >= 15 is 0 Å². The Morgan fingerprint density at radius 1 is 1.05 bits per heavy atom. The van der Waals surface area contributed by atoms with Crippen LogP contribution in [0.2, 0.25) is 10.0 Å². The maximum Gasteiger partial charge on any atom is 0.0410 e. The first kappa shape index (κ1) is 16.8. The molecule has 0 amide bonds. The van der Waals surface area contributed by atoms with Gasteiger partial charge in [-0.1, -0.05) is 58.2 Å². The molecule has 0 aliphatic carbocycles. The molecule has 1 atom stereocenters. The molecule has 2 rings (SSSR count). The predicted octanol–water partition coefficient (Wildman–Crippen LogP) is 6.04. The summed E-state index contributed by atoms with van der Waals surface area (Å²) in [5.74, 6) is 0. The molecule has 0 saturated carbocycles. The Kier molecular flexibility index (Phi) is 6.56. The SMILES string of the molecule is CCCNC(Cc1ccc(Cl)cc1)c1cc(Cl)ccc1Br. The number of benzene rings is 2. The zero-order chi connectivity index (χ0) is 15.2. The normalized spacial score (nSPS) is 12.4. The van der Waals surface area contributed by atoms with Gasteiger partial charge >= 0.3 is 0 Å². The van der Waals surface area contributed by atoms with E-state index in [9.17, 15) is 0 Å². The summed E-state index contributed by atoms with van der Waals surface area (Å²) in [6, 6.07) is 14.1. The highest BCUT2D eigenvalue weighted by molar-refractivity contribution is 9.10. The quantitative estimate of drug-likeness (QED) is 0.638. The van der Waals surface area contributed by atoms with E-state index in [4.69, 9.17) is 23.2 Å². The third-order valence-corrected chi connectivity index (χ3v) is 4.54. The van der Waals surface area contributed by atoms with Crippen LogP contribution >= 0.6 is 39.1 Å². The van der Waals surface area contributed by atoms with E-state index in [2.05, 4.69) is 40.3 Å². The molecule has 0 heterocycles. The second-order valence-corrected chi connectivity index (χ2v) is 6.73. The van der Waals surface area contributed by atoms with E-state index in [-0.39, 0.29) is 6.04 Å². The minimum Gasteiger partial charge on any atom is -0.310 e. The van der Waals surface area contributed by atoms with Gasteiger partial charge in [0.1, 0.15) is 0 Å². The number of hydrogen-bond acceptors (Lipinski definition) is 1. The van der Waals surface area contributed by atoms with Crippen LogP contribution in [-0.2, 0) is 6.42 Å². The van der Waals surface area contributed by atoms with Gasteiger partial charge < -0.3 is 5.32 Å². The Balaban J connectivity index is 2.25. The largest absolute Gasteiger partial charge is 0.310 e. The van der Waals surface area contributed by atoms with Gasteiger partial charge in [0.2, 0.25) is 0 Å². The van der Waals surface area contributed by atoms with Gasteiger partial charge in [0.15, 0.2) is 0 Å². The van der Waals surface area contributed by atoms with E-state index in [1.165, 1.54) is 11.1 Å². The third-order valence-electron chi connectivity index (χ3n) is 3.33. The standard InChI is InChI=1S/C17H18BrCl2N/c1-2-9-21-17(10-12-3-5-13(19)6-4-12)15-11-14(20)7-8-16(15)18/h3-8,11,17,21H,2,9-10H2,1H3. The topological polar surface area (TPSA) is 12.0 Å². The van der Waals surface area contributed by atoms with Gasteiger partial charge in [-0.15, -0.1) is 0 Å². The first-order valence-electron chi connectivity index (χ1n) is 7.03. The smallest absolute Gasteiger partial charge is 0.0410 e. The number of rotatable bonds is 6. The third kappa shape index (κ3) is 5.00. The molecule has 2 aromatic rings. The zero-order valence-electron chi connectivity index (χ0n) is 11.9. The van der Waals surface area contributed by atoms with Crippen molar-refractivity contribution < 1.29 is 0 Å².